The molecule has 1 saturated carbocycles. The molecule has 2 nitrogen and oxygen atoms in total. The van der Waals surface area contributed by atoms with Gasteiger partial charge in [0, 0.05) is 6.04 Å². The molecule has 0 saturated heterocycles. The minimum absolute atomic E-state index is 0.470. The largest absolute Gasteiger partial charge is 0.497 e. The van der Waals surface area contributed by atoms with Crippen molar-refractivity contribution in [2.75, 3.05) is 13.7 Å². The van der Waals surface area contributed by atoms with E-state index in [0.717, 1.165) is 30.6 Å². The minimum atomic E-state index is 0.470. The van der Waals surface area contributed by atoms with Crippen molar-refractivity contribution in [2.24, 2.45) is 11.8 Å². The lowest BCUT2D eigenvalue weighted by atomic mass is 9.82. The summed E-state index contributed by atoms with van der Waals surface area (Å²) in [5, 5.41) is 3.77. The Morgan fingerprint density at radius 3 is 2.60 bits per heavy atom. The molecule has 20 heavy (non-hydrogen) atoms. The summed E-state index contributed by atoms with van der Waals surface area (Å²) in [6, 6.07) is 8.95. The van der Waals surface area contributed by atoms with Gasteiger partial charge in [-0.15, -0.1) is 0 Å². The van der Waals surface area contributed by atoms with Crippen LogP contribution >= 0.6 is 0 Å². The Morgan fingerprint density at radius 2 is 2.00 bits per heavy atom. The maximum Gasteiger partial charge on any atom is 0.118 e. The van der Waals surface area contributed by atoms with Gasteiger partial charge in [0.1, 0.15) is 5.75 Å². The third-order valence-electron chi connectivity index (χ3n) is 4.62. The van der Waals surface area contributed by atoms with Crippen molar-refractivity contribution in [3.05, 3.63) is 29.8 Å². The number of ether oxygens (including phenoxy) is 1. The van der Waals surface area contributed by atoms with E-state index in [0.29, 0.717) is 6.04 Å². The number of hydrogen-bond donors (Lipinski definition) is 1. The fourth-order valence-electron chi connectivity index (χ4n) is 3.39. The van der Waals surface area contributed by atoms with Crippen LogP contribution in [0.3, 0.4) is 0 Å². The second-order valence-corrected chi connectivity index (χ2v) is 6.28. The Kier molecular flexibility index (Phi) is 5.90. The van der Waals surface area contributed by atoms with Gasteiger partial charge in [0.2, 0.25) is 0 Å². The lowest BCUT2D eigenvalue weighted by molar-refractivity contribution is 0.266. The first kappa shape index (κ1) is 15.4. The Labute approximate surface area is 123 Å². The van der Waals surface area contributed by atoms with Gasteiger partial charge in [0.05, 0.1) is 7.11 Å². The van der Waals surface area contributed by atoms with E-state index in [2.05, 4.69) is 43.4 Å². The zero-order chi connectivity index (χ0) is 14.4. The maximum absolute atomic E-state index is 5.23. The first-order valence-electron chi connectivity index (χ1n) is 8.10. The Hall–Kier alpha value is -1.02. The third kappa shape index (κ3) is 4.24. The van der Waals surface area contributed by atoms with Crippen LogP contribution in [0.1, 0.15) is 57.6 Å². The fraction of sp³-hybridized carbons (Fsp3) is 0.667. The third-order valence-corrected chi connectivity index (χ3v) is 4.62. The molecule has 1 aromatic rings. The first-order chi connectivity index (χ1) is 9.72. The second-order valence-electron chi connectivity index (χ2n) is 6.28. The summed E-state index contributed by atoms with van der Waals surface area (Å²) in [5.74, 6) is 2.72. The highest BCUT2D eigenvalue weighted by molar-refractivity contribution is 5.29. The molecule has 0 spiro atoms. The monoisotopic (exact) mass is 275 g/mol. The summed E-state index contributed by atoms with van der Waals surface area (Å²) < 4.78 is 5.23. The van der Waals surface area contributed by atoms with Gasteiger partial charge in [-0.2, -0.15) is 0 Å². The quantitative estimate of drug-likeness (QED) is 0.821. The van der Waals surface area contributed by atoms with E-state index >= 15 is 0 Å². The number of rotatable bonds is 6. The highest BCUT2D eigenvalue weighted by atomic mass is 16.5. The predicted octanol–water partition coefficient (Wildman–Crippen LogP) is 4.56. The van der Waals surface area contributed by atoms with Crippen LogP contribution in [0.2, 0.25) is 0 Å². The van der Waals surface area contributed by atoms with Gasteiger partial charge in [0.15, 0.2) is 0 Å². The zero-order valence-corrected chi connectivity index (χ0v) is 13.2. The lowest BCUT2D eigenvalue weighted by Gasteiger charge is -2.29. The van der Waals surface area contributed by atoms with E-state index in [1.165, 1.54) is 31.2 Å². The van der Waals surface area contributed by atoms with Gasteiger partial charge in [-0.1, -0.05) is 38.8 Å². The van der Waals surface area contributed by atoms with E-state index in [4.69, 9.17) is 4.74 Å². The molecule has 0 amide bonds. The standard InChI is InChI=1S/C18H29NO/c1-4-18(16-8-10-17(20-3)11-9-16)19-13-15-7-5-6-14(2)12-15/h8-11,14-15,18-19H,4-7,12-13H2,1-3H3. The number of nitrogens with one attached hydrogen (secondary N) is 1. The topological polar surface area (TPSA) is 21.3 Å². The minimum Gasteiger partial charge on any atom is -0.497 e. The summed E-state index contributed by atoms with van der Waals surface area (Å²) in [7, 11) is 1.72. The molecule has 3 unspecified atom stereocenters. The summed E-state index contributed by atoms with van der Waals surface area (Å²) in [4.78, 5) is 0. The van der Waals surface area contributed by atoms with E-state index in [1.807, 2.05) is 0 Å². The molecule has 1 aliphatic carbocycles. The highest BCUT2D eigenvalue weighted by Crippen LogP contribution is 2.29. The number of hydrogen-bond acceptors (Lipinski definition) is 2. The Morgan fingerprint density at radius 1 is 1.25 bits per heavy atom. The summed E-state index contributed by atoms with van der Waals surface area (Å²) in [6.45, 7) is 5.81. The molecule has 0 heterocycles. The highest BCUT2D eigenvalue weighted by Gasteiger charge is 2.19. The Bertz CT molecular complexity index is 387. The number of benzene rings is 1. The summed E-state index contributed by atoms with van der Waals surface area (Å²) >= 11 is 0. The van der Waals surface area contributed by atoms with Gasteiger partial charge in [-0.3, -0.25) is 0 Å². The van der Waals surface area contributed by atoms with Gasteiger partial charge < -0.3 is 10.1 Å². The van der Waals surface area contributed by atoms with E-state index in [-0.39, 0.29) is 0 Å². The van der Waals surface area contributed by atoms with Crippen LogP contribution in [0.15, 0.2) is 24.3 Å². The number of methoxy groups -OCH3 is 1. The average Bonchev–Trinajstić information content (AvgIpc) is 2.48. The average molecular weight is 275 g/mol. The fourth-order valence-corrected chi connectivity index (χ4v) is 3.39. The van der Waals surface area contributed by atoms with Crippen molar-refractivity contribution in [1.82, 2.24) is 5.32 Å². The van der Waals surface area contributed by atoms with Crippen LogP contribution in [-0.4, -0.2) is 13.7 Å². The van der Waals surface area contributed by atoms with Gasteiger partial charge in [0.25, 0.3) is 0 Å². The molecule has 1 aromatic carbocycles. The van der Waals surface area contributed by atoms with Crippen LogP contribution in [0, 0.1) is 11.8 Å². The van der Waals surface area contributed by atoms with Crippen LogP contribution in [0.4, 0.5) is 0 Å². The Balaban J connectivity index is 1.87. The van der Waals surface area contributed by atoms with Crippen molar-refractivity contribution in [2.45, 2.75) is 52.0 Å². The molecule has 2 rings (SSSR count). The van der Waals surface area contributed by atoms with E-state index in [9.17, 15) is 0 Å². The smallest absolute Gasteiger partial charge is 0.118 e. The molecule has 3 atom stereocenters. The van der Waals surface area contributed by atoms with Crippen LogP contribution in [-0.2, 0) is 0 Å². The molecule has 0 radical (unpaired) electrons. The lowest BCUT2D eigenvalue weighted by Crippen LogP contribution is -2.29. The molecule has 0 aromatic heterocycles. The van der Waals surface area contributed by atoms with Crippen molar-refractivity contribution < 1.29 is 4.74 Å². The summed E-state index contributed by atoms with van der Waals surface area (Å²) in [5.41, 5.74) is 1.37. The SMILES string of the molecule is CCC(NCC1CCCC(C)C1)c1ccc(OC)cc1. The van der Waals surface area contributed by atoms with E-state index in [1.54, 1.807) is 7.11 Å². The molecule has 1 N–H and O–H groups in total. The van der Waals surface area contributed by atoms with E-state index < -0.39 is 0 Å². The molecule has 112 valence electrons. The van der Waals surface area contributed by atoms with Crippen LogP contribution in [0.25, 0.3) is 0 Å². The first-order valence-corrected chi connectivity index (χ1v) is 8.10. The second kappa shape index (κ2) is 7.68. The van der Waals surface area contributed by atoms with Crippen LogP contribution in [0.5, 0.6) is 5.75 Å². The van der Waals surface area contributed by atoms with Gasteiger partial charge >= 0.3 is 0 Å². The van der Waals surface area contributed by atoms with Crippen molar-refractivity contribution in [3.63, 3.8) is 0 Å². The summed E-state index contributed by atoms with van der Waals surface area (Å²) in [6.07, 6.45) is 6.76. The molecule has 1 fully saturated rings. The van der Waals surface area contributed by atoms with Gasteiger partial charge in [-0.05, 0) is 55.3 Å². The molecular weight excluding hydrogens is 246 g/mol. The van der Waals surface area contributed by atoms with Crippen molar-refractivity contribution in [1.29, 1.82) is 0 Å². The molecule has 2 heteroatoms. The molecule has 0 bridgehead atoms. The van der Waals surface area contributed by atoms with Crippen LogP contribution < -0.4 is 10.1 Å². The van der Waals surface area contributed by atoms with Crippen molar-refractivity contribution in [3.8, 4) is 5.75 Å². The molecule has 1 aliphatic rings. The van der Waals surface area contributed by atoms with Crippen molar-refractivity contribution >= 4 is 0 Å². The zero-order valence-electron chi connectivity index (χ0n) is 13.2. The van der Waals surface area contributed by atoms with Gasteiger partial charge in [-0.25, -0.2) is 0 Å². The molecular formula is C18H29NO. The maximum atomic E-state index is 5.23. The predicted molar refractivity (Wildman–Crippen MR) is 85.2 cm³/mol. The molecule has 0 aliphatic heterocycles. The normalized spacial score (nSPS) is 24.4.